The summed E-state index contributed by atoms with van der Waals surface area (Å²) in [5.74, 6) is -0.415. The highest BCUT2D eigenvalue weighted by molar-refractivity contribution is 6.62. The van der Waals surface area contributed by atoms with E-state index in [0.717, 1.165) is 23.3 Å². The van der Waals surface area contributed by atoms with Gasteiger partial charge in [0.2, 0.25) is 0 Å². The Labute approximate surface area is 168 Å². The molecule has 0 atom stereocenters. The SMILES string of the molecule is Cc1ccc(CC(=O)c2ccnc(C(F)(F)F)c2)cc1B1OC(C)(C)C(C)(C)O1. The molecule has 1 aliphatic heterocycles. The molecule has 0 saturated carbocycles. The molecule has 3 rings (SSSR count). The number of aryl methyl sites for hydroxylation is 1. The maximum atomic E-state index is 12.9. The van der Waals surface area contributed by atoms with Crippen LogP contribution >= 0.6 is 0 Å². The average Bonchev–Trinajstić information content (AvgIpc) is 2.83. The highest BCUT2D eigenvalue weighted by atomic mass is 19.4. The van der Waals surface area contributed by atoms with Crippen molar-refractivity contribution in [2.75, 3.05) is 0 Å². The first kappa shape index (κ1) is 21.5. The van der Waals surface area contributed by atoms with Crippen molar-refractivity contribution < 1.29 is 27.3 Å². The van der Waals surface area contributed by atoms with Crippen LogP contribution in [0.2, 0.25) is 0 Å². The molecule has 1 aromatic carbocycles. The molecule has 0 bridgehead atoms. The Bertz CT molecular complexity index is 925. The van der Waals surface area contributed by atoms with Gasteiger partial charge >= 0.3 is 13.3 Å². The summed E-state index contributed by atoms with van der Waals surface area (Å²) >= 11 is 0. The van der Waals surface area contributed by atoms with Gasteiger partial charge in [-0.15, -0.1) is 0 Å². The molecule has 2 aromatic rings. The third kappa shape index (κ3) is 4.38. The first-order chi connectivity index (χ1) is 13.3. The Morgan fingerprint density at radius 2 is 1.69 bits per heavy atom. The largest absolute Gasteiger partial charge is 0.495 e. The predicted molar refractivity (Wildman–Crippen MR) is 104 cm³/mol. The zero-order chi connectivity index (χ0) is 21.6. The van der Waals surface area contributed by atoms with Crippen LogP contribution < -0.4 is 5.46 Å². The number of pyridine rings is 1. The van der Waals surface area contributed by atoms with Crippen LogP contribution in [0, 0.1) is 6.92 Å². The number of ketones is 1. The highest BCUT2D eigenvalue weighted by Gasteiger charge is 2.52. The fourth-order valence-corrected chi connectivity index (χ4v) is 3.07. The van der Waals surface area contributed by atoms with Crippen LogP contribution in [0.5, 0.6) is 0 Å². The zero-order valence-electron chi connectivity index (χ0n) is 17.1. The van der Waals surface area contributed by atoms with Crippen LogP contribution in [0.4, 0.5) is 13.2 Å². The van der Waals surface area contributed by atoms with E-state index in [2.05, 4.69) is 4.98 Å². The van der Waals surface area contributed by atoms with Crippen molar-refractivity contribution in [2.24, 2.45) is 0 Å². The molecular formula is C21H23BF3NO3. The van der Waals surface area contributed by atoms with Crippen molar-refractivity contribution in [1.29, 1.82) is 0 Å². The minimum absolute atomic E-state index is 0.0231. The number of halogens is 3. The summed E-state index contributed by atoms with van der Waals surface area (Å²) in [5.41, 5.74) is 0.329. The first-order valence-electron chi connectivity index (χ1n) is 9.32. The molecule has 0 N–H and O–H groups in total. The highest BCUT2D eigenvalue weighted by Crippen LogP contribution is 2.36. The Morgan fingerprint density at radius 3 is 2.28 bits per heavy atom. The third-order valence-electron chi connectivity index (χ3n) is 5.59. The van der Waals surface area contributed by atoms with E-state index < -0.39 is 36.0 Å². The quantitative estimate of drug-likeness (QED) is 0.567. The van der Waals surface area contributed by atoms with Crippen molar-refractivity contribution in [1.82, 2.24) is 4.98 Å². The molecule has 0 radical (unpaired) electrons. The molecule has 2 heterocycles. The van der Waals surface area contributed by atoms with Gasteiger partial charge in [0.05, 0.1) is 11.2 Å². The zero-order valence-corrected chi connectivity index (χ0v) is 17.1. The second-order valence-corrected chi connectivity index (χ2v) is 8.31. The molecule has 8 heteroatoms. The van der Waals surface area contributed by atoms with E-state index in [-0.39, 0.29) is 12.0 Å². The molecule has 1 fully saturated rings. The summed E-state index contributed by atoms with van der Waals surface area (Å²) in [6.07, 6.45) is -3.63. The molecule has 1 aromatic heterocycles. The second kappa shape index (κ2) is 7.25. The number of rotatable bonds is 4. The van der Waals surface area contributed by atoms with Crippen LogP contribution in [0.3, 0.4) is 0 Å². The fraction of sp³-hybridized carbons (Fsp3) is 0.429. The Morgan fingerprint density at radius 1 is 1.07 bits per heavy atom. The first-order valence-corrected chi connectivity index (χ1v) is 9.32. The number of Topliss-reactive ketones (excluding diaryl/α,β-unsaturated/α-hetero) is 1. The van der Waals surface area contributed by atoms with Crippen molar-refractivity contribution in [3.05, 3.63) is 58.9 Å². The van der Waals surface area contributed by atoms with E-state index in [1.807, 2.05) is 46.8 Å². The fourth-order valence-electron chi connectivity index (χ4n) is 3.07. The average molecular weight is 405 g/mol. The molecular weight excluding hydrogens is 382 g/mol. The molecule has 1 aliphatic rings. The number of carbonyl (C=O) groups excluding carboxylic acids is 1. The standard InChI is InChI=1S/C21H23BF3NO3/c1-13-6-7-14(10-16(13)22-28-19(2,3)20(4,5)29-22)11-17(27)15-8-9-26-18(12-15)21(23,24)25/h6-10,12H,11H2,1-5H3. The van der Waals surface area contributed by atoms with Gasteiger partial charge in [-0.25, -0.2) is 0 Å². The molecule has 29 heavy (non-hydrogen) atoms. The molecule has 0 amide bonds. The molecule has 4 nitrogen and oxygen atoms in total. The molecule has 0 aliphatic carbocycles. The van der Waals surface area contributed by atoms with Crippen LogP contribution in [0.15, 0.2) is 36.5 Å². The number of benzene rings is 1. The van der Waals surface area contributed by atoms with E-state index in [9.17, 15) is 18.0 Å². The maximum absolute atomic E-state index is 12.9. The number of nitrogens with zero attached hydrogens (tertiary/aromatic N) is 1. The van der Waals surface area contributed by atoms with Gasteiger partial charge < -0.3 is 9.31 Å². The van der Waals surface area contributed by atoms with Crippen LogP contribution in [0.1, 0.15) is 54.9 Å². The lowest BCUT2D eigenvalue weighted by atomic mass is 9.75. The van der Waals surface area contributed by atoms with Gasteiger partial charge in [0.1, 0.15) is 5.69 Å². The van der Waals surface area contributed by atoms with Gasteiger partial charge in [-0.3, -0.25) is 9.78 Å². The van der Waals surface area contributed by atoms with Crippen molar-refractivity contribution in [3.8, 4) is 0 Å². The number of alkyl halides is 3. The van der Waals surface area contributed by atoms with Gasteiger partial charge in [0.25, 0.3) is 0 Å². The third-order valence-corrected chi connectivity index (χ3v) is 5.59. The van der Waals surface area contributed by atoms with E-state index in [1.165, 1.54) is 6.07 Å². The topological polar surface area (TPSA) is 48.4 Å². The Hall–Kier alpha value is -2.19. The van der Waals surface area contributed by atoms with Crippen molar-refractivity contribution in [3.63, 3.8) is 0 Å². The second-order valence-electron chi connectivity index (χ2n) is 8.31. The summed E-state index contributed by atoms with van der Waals surface area (Å²) in [7, 11) is -0.576. The summed E-state index contributed by atoms with van der Waals surface area (Å²) in [4.78, 5) is 15.9. The summed E-state index contributed by atoms with van der Waals surface area (Å²) in [6.45, 7) is 9.74. The van der Waals surface area contributed by atoms with Gasteiger partial charge in [-0.05, 0) is 57.8 Å². The number of carbonyl (C=O) groups is 1. The Kier molecular flexibility index (Phi) is 5.38. The number of hydrogen-bond donors (Lipinski definition) is 0. The molecule has 0 unspecified atom stereocenters. The minimum Gasteiger partial charge on any atom is -0.399 e. The van der Waals surface area contributed by atoms with Crippen LogP contribution in [-0.4, -0.2) is 29.1 Å². The molecule has 0 spiro atoms. The summed E-state index contributed by atoms with van der Waals surface area (Å²) in [5, 5.41) is 0. The lowest BCUT2D eigenvalue weighted by molar-refractivity contribution is -0.141. The number of aromatic nitrogens is 1. The van der Waals surface area contributed by atoms with Crippen LogP contribution in [0.25, 0.3) is 0 Å². The van der Waals surface area contributed by atoms with E-state index >= 15 is 0 Å². The van der Waals surface area contributed by atoms with Crippen molar-refractivity contribution in [2.45, 2.75) is 58.4 Å². The lowest BCUT2D eigenvalue weighted by Gasteiger charge is -2.32. The van der Waals surface area contributed by atoms with Gasteiger partial charge in [0.15, 0.2) is 5.78 Å². The molecule has 1 saturated heterocycles. The smallest absolute Gasteiger partial charge is 0.399 e. The maximum Gasteiger partial charge on any atom is 0.495 e. The van der Waals surface area contributed by atoms with Gasteiger partial charge in [-0.1, -0.05) is 23.8 Å². The van der Waals surface area contributed by atoms with Gasteiger partial charge in [0, 0.05) is 18.2 Å². The Balaban J connectivity index is 1.83. The minimum atomic E-state index is -4.59. The summed E-state index contributed by atoms with van der Waals surface area (Å²) in [6, 6.07) is 7.54. The van der Waals surface area contributed by atoms with E-state index in [4.69, 9.17) is 9.31 Å². The van der Waals surface area contributed by atoms with E-state index in [1.54, 1.807) is 6.07 Å². The van der Waals surface area contributed by atoms with Crippen LogP contribution in [-0.2, 0) is 21.9 Å². The summed E-state index contributed by atoms with van der Waals surface area (Å²) < 4.78 is 50.7. The monoisotopic (exact) mass is 405 g/mol. The van der Waals surface area contributed by atoms with Gasteiger partial charge in [-0.2, -0.15) is 13.2 Å². The van der Waals surface area contributed by atoms with Crippen molar-refractivity contribution >= 4 is 18.4 Å². The predicted octanol–water partition coefficient (Wildman–Crippen LogP) is 4.13. The normalized spacial score (nSPS) is 18.1. The van der Waals surface area contributed by atoms with E-state index in [0.29, 0.717) is 5.56 Å². The number of hydrogen-bond acceptors (Lipinski definition) is 4. The molecule has 154 valence electrons. The lowest BCUT2D eigenvalue weighted by Crippen LogP contribution is -2.41.